The molecule has 2 unspecified atom stereocenters. The Morgan fingerprint density at radius 1 is 1.40 bits per heavy atom. The third kappa shape index (κ3) is 2.53. The molecule has 1 aromatic carbocycles. The number of hydrogen-bond donors (Lipinski definition) is 1. The topological polar surface area (TPSA) is 29.5 Å². The van der Waals surface area contributed by atoms with Crippen LogP contribution in [0.5, 0.6) is 0 Å². The van der Waals surface area contributed by atoms with Crippen LogP contribution in [0.2, 0.25) is 0 Å². The van der Waals surface area contributed by atoms with Crippen molar-refractivity contribution in [2.75, 3.05) is 7.11 Å². The van der Waals surface area contributed by atoms with Crippen LogP contribution in [0.3, 0.4) is 0 Å². The molecule has 0 saturated heterocycles. The Morgan fingerprint density at radius 3 is 2.53 bits per heavy atom. The maximum Gasteiger partial charge on any atom is 0.146 e. The second-order valence-electron chi connectivity index (χ2n) is 3.14. The van der Waals surface area contributed by atoms with Crippen LogP contribution in [0.4, 0.5) is 8.78 Å². The molecule has 0 bridgehead atoms. The van der Waals surface area contributed by atoms with E-state index in [4.69, 9.17) is 4.74 Å². The fourth-order valence-electron chi connectivity index (χ4n) is 1.18. The zero-order chi connectivity index (χ0) is 11.6. The van der Waals surface area contributed by atoms with Gasteiger partial charge in [0.05, 0.1) is 16.1 Å². The minimum Gasteiger partial charge on any atom is -0.385 e. The third-order valence-corrected chi connectivity index (χ3v) is 2.80. The monoisotopic (exact) mass is 280 g/mol. The Balaban J connectivity index is 3.18. The lowest BCUT2D eigenvalue weighted by molar-refractivity contribution is -0.00504. The number of rotatable bonds is 3. The lowest BCUT2D eigenvalue weighted by Gasteiger charge is -2.19. The summed E-state index contributed by atoms with van der Waals surface area (Å²) in [7, 11) is 1.36. The lowest BCUT2D eigenvalue weighted by atomic mass is 10.0. The molecule has 0 aliphatic heterocycles. The summed E-state index contributed by atoms with van der Waals surface area (Å²) >= 11 is 2.93. The molecule has 0 aliphatic carbocycles. The average molecular weight is 281 g/mol. The van der Waals surface area contributed by atoms with Crippen molar-refractivity contribution in [3.63, 3.8) is 0 Å². The molecule has 0 heterocycles. The molecule has 0 aliphatic rings. The Labute approximate surface area is 95.0 Å². The standard InChI is InChI=1S/C10H11BrF2O2/c1-5(15-2)10(14)8-7(12)4-3-6(11)9(8)13/h3-5,10,14H,1-2H3. The predicted molar refractivity (Wildman–Crippen MR) is 55.5 cm³/mol. The number of ether oxygens (including phenoxy) is 1. The number of methoxy groups -OCH3 is 1. The van der Waals surface area contributed by atoms with Gasteiger partial charge in [-0.2, -0.15) is 0 Å². The van der Waals surface area contributed by atoms with Gasteiger partial charge in [0.25, 0.3) is 0 Å². The molecule has 0 fully saturated rings. The van der Waals surface area contributed by atoms with Crippen molar-refractivity contribution in [3.05, 3.63) is 33.8 Å². The number of halogens is 3. The second kappa shape index (κ2) is 5.01. The van der Waals surface area contributed by atoms with Crippen molar-refractivity contribution < 1.29 is 18.6 Å². The Hall–Kier alpha value is -0.520. The maximum atomic E-state index is 13.5. The number of benzene rings is 1. The van der Waals surface area contributed by atoms with Crippen LogP contribution in [-0.4, -0.2) is 18.3 Å². The van der Waals surface area contributed by atoms with E-state index in [0.29, 0.717) is 0 Å². The quantitative estimate of drug-likeness (QED) is 0.863. The Morgan fingerprint density at radius 2 is 2.00 bits per heavy atom. The number of aliphatic hydroxyl groups is 1. The fourth-order valence-corrected chi connectivity index (χ4v) is 1.52. The Bertz CT molecular complexity index is 358. The van der Waals surface area contributed by atoms with Crippen LogP contribution in [0.1, 0.15) is 18.6 Å². The summed E-state index contributed by atoms with van der Waals surface area (Å²) in [6.07, 6.45) is -2.00. The summed E-state index contributed by atoms with van der Waals surface area (Å²) in [6.45, 7) is 1.53. The summed E-state index contributed by atoms with van der Waals surface area (Å²) in [6, 6.07) is 2.34. The van der Waals surface area contributed by atoms with Crippen LogP contribution in [0.15, 0.2) is 16.6 Å². The van der Waals surface area contributed by atoms with E-state index in [0.717, 1.165) is 6.07 Å². The van der Waals surface area contributed by atoms with E-state index in [1.807, 2.05) is 0 Å². The highest BCUT2D eigenvalue weighted by Gasteiger charge is 2.24. The highest BCUT2D eigenvalue weighted by atomic mass is 79.9. The Kier molecular flexibility index (Phi) is 4.19. The van der Waals surface area contributed by atoms with Crippen LogP contribution in [0, 0.1) is 11.6 Å². The summed E-state index contributed by atoms with van der Waals surface area (Å²) in [5.74, 6) is -1.58. The van der Waals surface area contributed by atoms with Gasteiger partial charge in [0, 0.05) is 7.11 Å². The highest BCUT2D eigenvalue weighted by Crippen LogP contribution is 2.29. The van der Waals surface area contributed by atoms with E-state index >= 15 is 0 Å². The van der Waals surface area contributed by atoms with Crippen LogP contribution in [0.25, 0.3) is 0 Å². The first-order chi connectivity index (χ1) is 6.99. The summed E-state index contributed by atoms with van der Waals surface area (Å²) in [4.78, 5) is 0. The smallest absolute Gasteiger partial charge is 0.146 e. The molecular formula is C10H11BrF2O2. The SMILES string of the molecule is COC(C)C(O)c1c(F)ccc(Br)c1F. The second-order valence-corrected chi connectivity index (χ2v) is 4.00. The van der Waals surface area contributed by atoms with Gasteiger partial charge in [-0.25, -0.2) is 8.78 Å². The molecule has 0 radical (unpaired) electrons. The van der Waals surface area contributed by atoms with Crippen molar-refractivity contribution in [1.82, 2.24) is 0 Å². The molecule has 84 valence electrons. The van der Waals surface area contributed by atoms with E-state index in [-0.39, 0.29) is 10.0 Å². The largest absolute Gasteiger partial charge is 0.385 e. The van der Waals surface area contributed by atoms with Gasteiger partial charge in [-0.1, -0.05) is 0 Å². The number of hydrogen-bond acceptors (Lipinski definition) is 2. The first-order valence-corrected chi connectivity index (χ1v) is 5.12. The minimum atomic E-state index is -1.33. The van der Waals surface area contributed by atoms with Crippen molar-refractivity contribution in [2.45, 2.75) is 19.1 Å². The molecule has 1 N–H and O–H groups in total. The van der Waals surface area contributed by atoms with Crippen LogP contribution in [-0.2, 0) is 4.74 Å². The molecule has 5 heteroatoms. The van der Waals surface area contributed by atoms with Gasteiger partial charge in [-0.3, -0.25) is 0 Å². The van der Waals surface area contributed by atoms with E-state index in [1.54, 1.807) is 0 Å². The molecule has 1 rings (SSSR count). The normalized spacial score (nSPS) is 15.1. The van der Waals surface area contributed by atoms with Gasteiger partial charge >= 0.3 is 0 Å². The molecule has 0 spiro atoms. The number of aliphatic hydroxyl groups excluding tert-OH is 1. The first kappa shape index (κ1) is 12.5. The van der Waals surface area contributed by atoms with Gasteiger partial charge in [0.2, 0.25) is 0 Å². The molecule has 1 aromatic rings. The third-order valence-electron chi connectivity index (χ3n) is 2.19. The van der Waals surface area contributed by atoms with Crippen LogP contribution >= 0.6 is 15.9 Å². The maximum absolute atomic E-state index is 13.5. The minimum absolute atomic E-state index is 0.112. The van der Waals surface area contributed by atoms with Crippen molar-refractivity contribution in [1.29, 1.82) is 0 Å². The van der Waals surface area contributed by atoms with Crippen molar-refractivity contribution in [3.8, 4) is 0 Å². The zero-order valence-electron chi connectivity index (χ0n) is 8.30. The van der Waals surface area contributed by atoms with Gasteiger partial charge in [0.1, 0.15) is 17.7 Å². The van der Waals surface area contributed by atoms with E-state index < -0.39 is 23.8 Å². The first-order valence-electron chi connectivity index (χ1n) is 4.33. The predicted octanol–water partition coefficient (Wildman–Crippen LogP) is 2.80. The molecular weight excluding hydrogens is 270 g/mol. The van der Waals surface area contributed by atoms with E-state index in [9.17, 15) is 13.9 Å². The zero-order valence-corrected chi connectivity index (χ0v) is 9.88. The van der Waals surface area contributed by atoms with Crippen LogP contribution < -0.4 is 0 Å². The molecule has 15 heavy (non-hydrogen) atoms. The van der Waals surface area contributed by atoms with Gasteiger partial charge in [-0.15, -0.1) is 0 Å². The fraction of sp³-hybridized carbons (Fsp3) is 0.400. The average Bonchev–Trinajstić information content (AvgIpc) is 2.22. The van der Waals surface area contributed by atoms with E-state index in [1.165, 1.54) is 20.1 Å². The summed E-state index contributed by atoms with van der Waals surface area (Å²) in [5, 5.41) is 9.65. The molecule has 0 amide bonds. The van der Waals surface area contributed by atoms with Crippen molar-refractivity contribution >= 4 is 15.9 Å². The van der Waals surface area contributed by atoms with Gasteiger partial charge in [-0.05, 0) is 35.0 Å². The summed E-state index contributed by atoms with van der Waals surface area (Å²) in [5.41, 5.74) is -0.376. The molecule has 2 nitrogen and oxygen atoms in total. The summed E-state index contributed by atoms with van der Waals surface area (Å²) < 4.78 is 31.7. The van der Waals surface area contributed by atoms with E-state index in [2.05, 4.69) is 15.9 Å². The molecule has 2 atom stereocenters. The van der Waals surface area contributed by atoms with Gasteiger partial charge in [0.15, 0.2) is 0 Å². The highest BCUT2D eigenvalue weighted by molar-refractivity contribution is 9.10. The van der Waals surface area contributed by atoms with Crippen molar-refractivity contribution in [2.24, 2.45) is 0 Å². The molecule has 0 aromatic heterocycles. The van der Waals surface area contributed by atoms with Gasteiger partial charge < -0.3 is 9.84 Å². The molecule has 0 saturated carbocycles. The lowest BCUT2D eigenvalue weighted by Crippen LogP contribution is -2.19.